The van der Waals surface area contributed by atoms with Gasteiger partial charge in [0.1, 0.15) is 18.2 Å². The number of carbonyl (C=O) groups excluding carboxylic acids is 2. The molecule has 4 aromatic rings. The normalized spacial score (nSPS) is 15.2. The number of amides is 2. The highest BCUT2D eigenvalue weighted by Gasteiger charge is 2.32. The molecule has 0 unspecified atom stereocenters. The van der Waals surface area contributed by atoms with Gasteiger partial charge in [-0.1, -0.05) is 30.3 Å². The number of rotatable bonds is 6. The van der Waals surface area contributed by atoms with E-state index in [-0.39, 0.29) is 19.0 Å². The monoisotopic (exact) mass is 472 g/mol. The number of halogens is 1. The van der Waals surface area contributed by atoms with Gasteiger partial charge in [-0.05, 0) is 18.2 Å². The van der Waals surface area contributed by atoms with Crippen LogP contribution in [0.1, 0.15) is 6.92 Å². The Balaban J connectivity index is 1.31. The third-order valence-corrected chi connectivity index (χ3v) is 5.55. The van der Waals surface area contributed by atoms with Gasteiger partial charge in [-0.15, -0.1) is 0 Å². The molecule has 9 nitrogen and oxygen atoms in total. The maximum atomic E-state index is 15.0. The van der Waals surface area contributed by atoms with E-state index >= 15 is 0 Å². The van der Waals surface area contributed by atoms with Crippen LogP contribution in [0.2, 0.25) is 0 Å². The van der Waals surface area contributed by atoms with E-state index < -0.39 is 18.0 Å². The van der Waals surface area contributed by atoms with Crippen molar-refractivity contribution < 1.29 is 18.7 Å². The van der Waals surface area contributed by atoms with Crippen molar-refractivity contribution in [2.75, 3.05) is 18.0 Å². The number of aromatic nitrogens is 4. The molecule has 0 aliphatic carbocycles. The van der Waals surface area contributed by atoms with E-state index in [1.807, 2.05) is 36.5 Å². The molecule has 2 amide bonds. The molecule has 0 saturated carbocycles. The first-order valence-corrected chi connectivity index (χ1v) is 10.9. The minimum atomic E-state index is -0.588. The van der Waals surface area contributed by atoms with Crippen molar-refractivity contribution in [1.29, 1.82) is 0 Å². The summed E-state index contributed by atoms with van der Waals surface area (Å²) in [7, 11) is 0. The molecule has 2 aromatic heterocycles. The number of anilines is 1. The van der Waals surface area contributed by atoms with Gasteiger partial charge in [0.15, 0.2) is 0 Å². The van der Waals surface area contributed by atoms with Crippen LogP contribution in [0.5, 0.6) is 0 Å². The standard InChI is InChI=1S/C25H21FN6O3/c1-16(33)27-12-20-13-32(25(34)35-20)19-7-8-21(22(26)9-19)18-10-28-24(29-11-18)31-14-23(30-15-31)17-5-3-2-4-6-17/h2-11,14-15,20H,12-13H2,1H3,(H,27,33)/t20-/m0/s1. The van der Waals surface area contributed by atoms with Crippen molar-refractivity contribution >= 4 is 17.7 Å². The van der Waals surface area contributed by atoms with Crippen LogP contribution in [0.25, 0.3) is 28.3 Å². The summed E-state index contributed by atoms with van der Waals surface area (Å²) in [5, 5.41) is 2.61. The van der Waals surface area contributed by atoms with Gasteiger partial charge in [0.25, 0.3) is 0 Å². The summed E-state index contributed by atoms with van der Waals surface area (Å²) in [6.07, 6.45) is 5.44. The quantitative estimate of drug-likeness (QED) is 0.460. The van der Waals surface area contributed by atoms with E-state index in [9.17, 15) is 14.0 Å². The maximum absolute atomic E-state index is 15.0. The van der Waals surface area contributed by atoms with E-state index in [1.54, 1.807) is 23.0 Å². The smallest absolute Gasteiger partial charge is 0.414 e. The number of nitrogens with zero attached hydrogens (tertiary/aromatic N) is 5. The third-order valence-electron chi connectivity index (χ3n) is 5.55. The molecular weight excluding hydrogens is 451 g/mol. The Morgan fingerprint density at radius 1 is 1.11 bits per heavy atom. The fourth-order valence-corrected chi connectivity index (χ4v) is 3.79. The first-order valence-electron chi connectivity index (χ1n) is 10.9. The number of imidazole rings is 1. The topological polar surface area (TPSA) is 102 Å². The Labute approximate surface area is 200 Å². The summed E-state index contributed by atoms with van der Waals surface area (Å²) in [5.41, 5.74) is 2.94. The molecule has 1 aliphatic rings. The van der Waals surface area contributed by atoms with E-state index in [0.717, 1.165) is 11.3 Å². The van der Waals surface area contributed by atoms with Gasteiger partial charge in [-0.3, -0.25) is 14.3 Å². The minimum absolute atomic E-state index is 0.200. The predicted octanol–water partition coefficient (Wildman–Crippen LogP) is 3.60. The second kappa shape index (κ2) is 9.34. The molecular formula is C25H21FN6O3. The lowest BCUT2D eigenvalue weighted by Crippen LogP contribution is -2.33. The van der Waals surface area contributed by atoms with Gasteiger partial charge < -0.3 is 10.1 Å². The van der Waals surface area contributed by atoms with Crippen LogP contribution in [0.15, 0.2) is 73.4 Å². The van der Waals surface area contributed by atoms with Gasteiger partial charge in [0.2, 0.25) is 11.9 Å². The van der Waals surface area contributed by atoms with Crippen LogP contribution in [0.4, 0.5) is 14.9 Å². The number of carbonyl (C=O) groups is 2. The number of hydrogen-bond donors (Lipinski definition) is 1. The highest BCUT2D eigenvalue weighted by molar-refractivity contribution is 5.90. The van der Waals surface area contributed by atoms with Gasteiger partial charge in [0, 0.05) is 42.2 Å². The Morgan fingerprint density at radius 2 is 1.89 bits per heavy atom. The molecule has 1 aliphatic heterocycles. The zero-order valence-corrected chi connectivity index (χ0v) is 18.8. The average molecular weight is 472 g/mol. The van der Waals surface area contributed by atoms with Crippen molar-refractivity contribution in [2.24, 2.45) is 0 Å². The zero-order chi connectivity index (χ0) is 24.4. The summed E-state index contributed by atoms with van der Waals surface area (Å²) in [6.45, 7) is 1.80. The Morgan fingerprint density at radius 3 is 2.60 bits per heavy atom. The lowest BCUT2D eigenvalue weighted by atomic mass is 10.1. The number of ether oxygens (including phenoxy) is 1. The Hall–Kier alpha value is -4.60. The molecule has 10 heteroatoms. The summed E-state index contributed by atoms with van der Waals surface area (Å²) in [5.74, 6) is -0.329. The van der Waals surface area contributed by atoms with Gasteiger partial charge in [-0.2, -0.15) is 0 Å². The number of benzene rings is 2. The summed E-state index contributed by atoms with van der Waals surface area (Å²) in [6, 6.07) is 14.2. The lowest BCUT2D eigenvalue weighted by Gasteiger charge is -2.14. The van der Waals surface area contributed by atoms with Crippen molar-refractivity contribution in [3.63, 3.8) is 0 Å². The molecule has 35 heavy (non-hydrogen) atoms. The molecule has 0 spiro atoms. The van der Waals surface area contributed by atoms with Gasteiger partial charge in [0.05, 0.1) is 24.5 Å². The van der Waals surface area contributed by atoms with Crippen LogP contribution < -0.4 is 10.2 Å². The molecule has 2 aromatic carbocycles. The van der Waals surface area contributed by atoms with E-state index in [1.165, 1.54) is 30.3 Å². The molecule has 3 heterocycles. The number of hydrogen-bond acceptors (Lipinski definition) is 6. The Kier molecular flexibility index (Phi) is 5.92. The van der Waals surface area contributed by atoms with Crippen molar-refractivity contribution in [3.05, 3.63) is 79.3 Å². The van der Waals surface area contributed by atoms with E-state index in [2.05, 4.69) is 20.3 Å². The first-order chi connectivity index (χ1) is 17.0. The van der Waals surface area contributed by atoms with E-state index in [0.29, 0.717) is 22.8 Å². The molecule has 0 radical (unpaired) electrons. The zero-order valence-electron chi connectivity index (χ0n) is 18.8. The highest BCUT2D eigenvalue weighted by Crippen LogP contribution is 2.29. The summed E-state index contributed by atoms with van der Waals surface area (Å²) in [4.78, 5) is 37.7. The van der Waals surface area contributed by atoms with Crippen LogP contribution in [0.3, 0.4) is 0 Å². The second-order valence-electron chi connectivity index (χ2n) is 8.02. The third kappa shape index (κ3) is 4.72. The summed E-state index contributed by atoms with van der Waals surface area (Å²) >= 11 is 0. The van der Waals surface area contributed by atoms with Crippen LogP contribution >= 0.6 is 0 Å². The Bertz CT molecular complexity index is 1370. The van der Waals surface area contributed by atoms with Crippen molar-refractivity contribution in [2.45, 2.75) is 13.0 Å². The molecule has 1 atom stereocenters. The van der Waals surface area contributed by atoms with Gasteiger partial charge in [-0.25, -0.2) is 24.1 Å². The van der Waals surface area contributed by atoms with E-state index in [4.69, 9.17) is 4.74 Å². The molecule has 5 rings (SSSR count). The SMILES string of the molecule is CC(=O)NC[C@H]1CN(c2ccc(-c3cnc(-n4cnc(-c5ccccc5)c4)nc3)c(F)c2)C(=O)O1. The van der Waals surface area contributed by atoms with Gasteiger partial charge >= 0.3 is 6.09 Å². The van der Waals surface area contributed by atoms with Crippen molar-refractivity contribution in [3.8, 4) is 28.3 Å². The van der Waals surface area contributed by atoms with Crippen LogP contribution in [-0.2, 0) is 9.53 Å². The molecule has 1 saturated heterocycles. The lowest BCUT2D eigenvalue weighted by molar-refractivity contribution is -0.119. The fourth-order valence-electron chi connectivity index (χ4n) is 3.79. The number of cyclic esters (lactones) is 1. The highest BCUT2D eigenvalue weighted by atomic mass is 19.1. The molecule has 0 bridgehead atoms. The first kappa shape index (κ1) is 22.2. The summed E-state index contributed by atoms with van der Waals surface area (Å²) < 4.78 is 21.9. The molecule has 1 fully saturated rings. The van der Waals surface area contributed by atoms with Crippen molar-refractivity contribution in [1.82, 2.24) is 24.8 Å². The molecule has 176 valence electrons. The number of nitrogens with one attached hydrogen (secondary N) is 1. The van der Waals surface area contributed by atoms with Crippen LogP contribution in [0, 0.1) is 5.82 Å². The second-order valence-corrected chi connectivity index (χ2v) is 8.02. The fraction of sp³-hybridized carbons (Fsp3) is 0.160. The largest absolute Gasteiger partial charge is 0.442 e. The predicted molar refractivity (Wildman–Crippen MR) is 126 cm³/mol. The minimum Gasteiger partial charge on any atom is -0.442 e. The maximum Gasteiger partial charge on any atom is 0.414 e. The molecule has 1 N–H and O–H groups in total. The van der Waals surface area contributed by atoms with Crippen LogP contribution in [-0.4, -0.2) is 50.7 Å². The average Bonchev–Trinajstić information content (AvgIpc) is 3.50.